The third-order valence-electron chi connectivity index (χ3n) is 2.42. The average molecular weight is 297 g/mol. The van der Waals surface area contributed by atoms with E-state index in [-0.39, 0.29) is 5.91 Å². The Morgan fingerprint density at radius 3 is 2.95 bits per heavy atom. The van der Waals surface area contributed by atoms with Crippen LogP contribution in [0, 0.1) is 0 Å². The van der Waals surface area contributed by atoms with Crippen LogP contribution in [0.15, 0.2) is 18.3 Å². The standard InChI is InChI=1S/C12H13ClN4OS/c1-2-3-4-10-16-17-12(19-10)15-11(18)8-5-6-9(13)14-7-8/h5-7H,2-4H2,1H3,(H,15,17,18). The maximum Gasteiger partial charge on any atom is 0.259 e. The molecule has 1 N–H and O–H groups in total. The zero-order chi connectivity index (χ0) is 13.7. The fourth-order valence-corrected chi connectivity index (χ4v) is 2.30. The molecule has 0 aliphatic heterocycles. The number of carbonyl (C=O) groups excluding carboxylic acids is 1. The number of unbranched alkanes of at least 4 members (excludes halogenated alkanes) is 1. The highest BCUT2D eigenvalue weighted by molar-refractivity contribution is 7.15. The Balaban J connectivity index is 1.98. The molecule has 0 saturated carbocycles. The Labute approximate surface area is 120 Å². The Morgan fingerprint density at radius 2 is 2.26 bits per heavy atom. The molecule has 2 heterocycles. The van der Waals surface area contributed by atoms with E-state index in [1.807, 2.05) is 0 Å². The number of nitrogens with zero attached hydrogens (tertiary/aromatic N) is 3. The van der Waals surface area contributed by atoms with Crippen LogP contribution in [0.1, 0.15) is 35.1 Å². The molecule has 0 spiro atoms. The summed E-state index contributed by atoms with van der Waals surface area (Å²) in [5.74, 6) is -0.262. The molecule has 7 heteroatoms. The van der Waals surface area contributed by atoms with Gasteiger partial charge in [-0.3, -0.25) is 10.1 Å². The molecule has 0 radical (unpaired) electrons. The summed E-state index contributed by atoms with van der Waals surface area (Å²) in [7, 11) is 0. The number of nitrogens with one attached hydrogen (secondary N) is 1. The molecule has 2 aromatic rings. The van der Waals surface area contributed by atoms with E-state index in [9.17, 15) is 4.79 Å². The van der Waals surface area contributed by atoms with Crippen molar-refractivity contribution in [3.63, 3.8) is 0 Å². The highest BCUT2D eigenvalue weighted by Gasteiger charge is 2.10. The van der Waals surface area contributed by atoms with Gasteiger partial charge in [0.1, 0.15) is 10.2 Å². The van der Waals surface area contributed by atoms with E-state index >= 15 is 0 Å². The first kappa shape index (κ1) is 13.9. The van der Waals surface area contributed by atoms with Crippen LogP contribution in [-0.4, -0.2) is 21.1 Å². The number of hydrogen-bond donors (Lipinski definition) is 1. The van der Waals surface area contributed by atoms with Gasteiger partial charge in [-0.25, -0.2) is 4.98 Å². The van der Waals surface area contributed by atoms with Crippen molar-refractivity contribution in [3.05, 3.63) is 34.1 Å². The minimum absolute atomic E-state index is 0.262. The summed E-state index contributed by atoms with van der Waals surface area (Å²) < 4.78 is 0. The summed E-state index contributed by atoms with van der Waals surface area (Å²) in [6.07, 6.45) is 4.50. The lowest BCUT2D eigenvalue weighted by Crippen LogP contribution is -2.11. The van der Waals surface area contributed by atoms with Crippen molar-refractivity contribution in [2.75, 3.05) is 5.32 Å². The van der Waals surface area contributed by atoms with Gasteiger partial charge in [-0.15, -0.1) is 10.2 Å². The topological polar surface area (TPSA) is 67.8 Å². The lowest BCUT2D eigenvalue weighted by Gasteiger charge is -2.00. The van der Waals surface area contributed by atoms with Crippen LogP contribution in [-0.2, 0) is 6.42 Å². The largest absolute Gasteiger partial charge is 0.296 e. The van der Waals surface area contributed by atoms with Crippen LogP contribution < -0.4 is 5.32 Å². The molecule has 0 atom stereocenters. The van der Waals surface area contributed by atoms with Crippen LogP contribution in [0.3, 0.4) is 0 Å². The molecule has 0 fully saturated rings. The van der Waals surface area contributed by atoms with Gasteiger partial charge in [0.05, 0.1) is 5.56 Å². The predicted molar refractivity (Wildman–Crippen MR) is 75.7 cm³/mol. The summed E-state index contributed by atoms with van der Waals surface area (Å²) in [6, 6.07) is 3.19. The number of pyridine rings is 1. The highest BCUT2D eigenvalue weighted by atomic mass is 35.5. The fourth-order valence-electron chi connectivity index (χ4n) is 1.41. The van der Waals surface area contributed by atoms with Gasteiger partial charge in [0.2, 0.25) is 5.13 Å². The molecular formula is C12H13ClN4OS. The second-order valence-corrected chi connectivity index (χ2v) is 5.38. The van der Waals surface area contributed by atoms with Crippen LogP contribution in [0.25, 0.3) is 0 Å². The van der Waals surface area contributed by atoms with E-state index < -0.39 is 0 Å². The number of hydrogen-bond acceptors (Lipinski definition) is 5. The molecule has 0 aliphatic carbocycles. The molecule has 19 heavy (non-hydrogen) atoms. The molecule has 0 aliphatic rings. The van der Waals surface area contributed by atoms with E-state index in [0.29, 0.717) is 15.8 Å². The normalized spacial score (nSPS) is 10.4. The van der Waals surface area contributed by atoms with Gasteiger partial charge >= 0.3 is 0 Å². The molecule has 0 bridgehead atoms. The number of aryl methyl sites for hydroxylation is 1. The highest BCUT2D eigenvalue weighted by Crippen LogP contribution is 2.18. The maximum atomic E-state index is 11.9. The molecule has 2 rings (SSSR count). The van der Waals surface area contributed by atoms with E-state index in [4.69, 9.17) is 11.6 Å². The molecular weight excluding hydrogens is 284 g/mol. The number of halogens is 1. The second-order valence-electron chi connectivity index (χ2n) is 3.93. The molecule has 1 amide bonds. The molecule has 0 saturated heterocycles. The molecule has 0 unspecified atom stereocenters. The maximum absolute atomic E-state index is 11.9. The third-order valence-corrected chi connectivity index (χ3v) is 3.54. The summed E-state index contributed by atoms with van der Waals surface area (Å²) in [6.45, 7) is 2.12. The van der Waals surface area contributed by atoms with Gasteiger partial charge in [0.25, 0.3) is 5.91 Å². The van der Waals surface area contributed by atoms with Crippen molar-refractivity contribution >= 4 is 34.0 Å². The molecule has 0 aromatic carbocycles. The summed E-state index contributed by atoms with van der Waals surface area (Å²) in [5, 5.41) is 12.5. The van der Waals surface area contributed by atoms with Gasteiger partial charge in [-0.1, -0.05) is 36.3 Å². The van der Waals surface area contributed by atoms with Crippen LogP contribution >= 0.6 is 22.9 Å². The van der Waals surface area contributed by atoms with Crippen LogP contribution in [0.5, 0.6) is 0 Å². The fraction of sp³-hybridized carbons (Fsp3) is 0.333. The first-order valence-electron chi connectivity index (χ1n) is 5.94. The summed E-state index contributed by atoms with van der Waals surface area (Å²) in [4.78, 5) is 15.8. The lowest BCUT2D eigenvalue weighted by atomic mass is 10.3. The summed E-state index contributed by atoms with van der Waals surface area (Å²) >= 11 is 7.06. The predicted octanol–water partition coefficient (Wildman–Crippen LogP) is 3.18. The zero-order valence-electron chi connectivity index (χ0n) is 10.4. The third kappa shape index (κ3) is 3.97. The van der Waals surface area contributed by atoms with Crippen molar-refractivity contribution in [3.8, 4) is 0 Å². The average Bonchev–Trinajstić information content (AvgIpc) is 2.84. The molecule has 2 aromatic heterocycles. The van der Waals surface area contributed by atoms with Crippen molar-refractivity contribution in [1.29, 1.82) is 0 Å². The van der Waals surface area contributed by atoms with E-state index in [1.165, 1.54) is 17.5 Å². The SMILES string of the molecule is CCCCc1nnc(NC(=O)c2ccc(Cl)nc2)s1. The number of aromatic nitrogens is 3. The van der Waals surface area contributed by atoms with Gasteiger partial charge in [0.15, 0.2) is 0 Å². The smallest absolute Gasteiger partial charge is 0.259 e. The van der Waals surface area contributed by atoms with Crippen molar-refractivity contribution in [2.45, 2.75) is 26.2 Å². The Morgan fingerprint density at radius 1 is 1.42 bits per heavy atom. The lowest BCUT2D eigenvalue weighted by molar-refractivity contribution is 0.102. The van der Waals surface area contributed by atoms with Gasteiger partial charge in [-0.05, 0) is 18.6 Å². The molecule has 100 valence electrons. The number of amides is 1. The number of carbonyl (C=O) groups is 1. The monoisotopic (exact) mass is 296 g/mol. The summed E-state index contributed by atoms with van der Waals surface area (Å²) in [5.41, 5.74) is 0.440. The Kier molecular flexibility index (Phi) is 4.81. The first-order valence-corrected chi connectivity index (χ1v) is 7.13. The van der Waals surface area contributed by atoms with E-state index in [1.54, 1.807) is 12.1 Å². The first-order chi connectivity index (χ1) is 9.19. The van der Waals surface area contributed by atoms with Gasteiger partial charge in [0, 0.05) is 12.6 Å². The second kappa shape index (κ2) is 6.58. The van der Waals surface area contributed by atoms with Gasteiger partial charge in [-0.2, -0.15) is 0 Å². The Hall–Kier alpha value is -1.53. The van der Waals surface area contributed by atoms with E-state index in [0.717, 1.165) is 24.3 Å². The minimum Gasteiger partial charge on any atom is -0.296 e. The Bertz CT molecular complexity index is 555. The van der Waals surface area contributed by atoms with Gasteiger partial charge < -0.3 is 0 Å². The number of anilines is 1. The quantitative estimate of drug-likeness (QED) is 0.861. The number of rotatable bonds is 5. The van der Waals surface area contributed by atoms with Crippen LogP contribution in [0.2, 0.25) is 5.15 Å². The minimum atomic E-state index is -0.262. The van der Waals surface area contributed by atoms with E-state index in [2.05, 4.69) is 27.4 Å². The van der Waals surface area contributed by atoms with Crippen LogP contribution in [0.4, 0.5) is 5.13 Å². The zero-order valence-corrected chi connectivity index (χ0v) is 12.0. The van der Waals surface area contributed by atoms with Crippen molar-refractivity contribution in [2.24, 2.45) is 0 Å². The van der Waals surface area contributed by atoms with Crippen molar-refractivity contribution < 1.29 is 4.79 Å². The molecule has 5 nitrogen and oxygen atoms in total. The van der Waals surface area contributed by atoms with Crippen molar-refractivity contribution in [1.82, 2.24) is 15.2 Å².